The highest BCUT2D eigenvalue weighted by atomic mass is 32.2. The van der Waals surface area contributed by atoms with Crippen LogP contribution in [0.5, 0.6) is 0 Å². The summed E-state index contributed by atoms with van der Waals surface area (Å²) >= 11 is 1.48. The molecule has 30 heavy (non-hydrogen) atoms. The number of halogens is 3. The first-order chi connectivity index (χ1) is 14.3. The molecule has 0 amide bonds. The van der Waals surface area contributed by atoms with E-state index < -0.39 is 31.7 Å². The highest BCUT2D eigenvalue weighted by molar-refractivity contribution is 7.92. The number of nitrogens with zero attached hydrogens (tertiary/aromatic N) is 2. The lowest BCUT2D eigenvalue weighted by Gasteiger charge is -2.31. The molecule has 1 fully saturated rings. The van der Waals surface area contributed by atoms with Gasteiger partial charge in [-0.05, 0) is 25.0 Å². The predicted molar refractivity (Wildman–Crippen MR) is 111 cm³/mol. The fraction of sp³-hybridized carbons (Fsp3) is 0.286. The van der Waals surface area contributed by atoms with Crippen LogP contribution in [-0.2, 0) is 16.0 Å². The zero-order valence-electron chi connectivity index (χ0n) is 15.8. The fourth-order valence-corrected chi connectivity index (χ4v) is 6.47. The lowest BCUT2D eigenvalue weighted by Crippen LogP contribution is -2.39. The summed E-state index contributed by atoms with van der Waals surface area (Å²) in [7, 11) is -4.08. The molecule has 1 aliphatic rings. The van der Waals surface area contributed by atoms with Crippen molar-refractivity contribution in [2.75, 3.05) is 18.0 Å². The molecule has 2 aromatic carbocycles. The molecule has 1 aliphatic heterocycles. The van der Waals surface area contributed by atoms with Crippen molar-refractivity contribution in [3.8, 4) is 11.3 Å². The molecular formula is C21H19F3N2O2S2. The van der Waals surface area contributed by atoms with E-state index in [1.165, 1.54) is 23.5 Å². The summed E-state index contributed by atoms with van der Waals surface area (Å²) in [6.45, 7) is 0.861. The van der Waals surface area contributed by atoms with Gasteiger partial charge in [0.2, 0.25) is 0 Å². The molecule has 1 saturated heterocycles. The van der Waals surface area contributed by atoms with Gasteiger partial charge >= 0.3 is 6.18 Å². The number of benzene rings is 2. The predicted octanol–water partition coefficient (Wildman–Crippen LogP) is 5.27. The van der Waals surface area contributed by atoms with E-state index in [2.05, 4.69) is 4.98 Å². The Labute approximate surface area is 176 Å². The Morgan fingerprint density at radius 3 is 2.27 bits per heavy atom. The Morgan fingerprint density at radius 1 is 0.967 bits per heavy atom. The number of rotatable bonds is 4. The SMILES string of the molecule is O=S(=O)(c1ccccc1C(F)(F)F)C1CCN(c2nc(-c3ccccc3)cs2)CC1. The van der Waals surface area contributed by atoms with Gasteiger partial charge in [0.1, 0.15) is 0 Å². The maximum Gasteiger partial charge on any atom is 0.417 e. The van der Waals surface area contributed by atoms with Crippen LogP contribution in [0.15, 0.2) is 64.9 Å². The van der Waals surface area contributed by atoms with Gasteiger partial charge in [-0.1, -0.05) is 42.5 Å². The van der Waals surface area contributed by atoms with Gasteiger partial charge in [0, 0.05) is 24.0 Å². The smallest absolute Gasteiger partial charge is 0.348 e. The van der Waals surface area contributed by atoms with Crippen LogP contribution < -0.4 is 4.90 Å². The molecule has 4 rings (SSSR count). The van der Waals surface area contributed by atoms with E-state index in [4.69, 9.17) is 0 Å². The van der Waals surface area contributed by atoms with Crippen molar-refractivity contribution in [1.82, 2.24) is 4.98 Å². The van der Waals surface area contributed by atoms with Crippen LogP contribution in [0.2, 0.25) is 0 Å². The van der Waals surface area contributed by atoms with Crippen molar-refractivity contribution in [3.05, 3.63) is 65.5 Å². The first-order valence-corrected chi connectivity index (χ1v) is 11.9. The summed E-state index contributed by atoms with van der Waals surface area (Å²) in [6, 6.07) is 14.1. The van der Waals surface area contributed by atoms with Gasteiger partial charge in [-0.25, -0.2) is 13.4 Å². The van der Waals surface area contributed by atoms with E-state index in [-0.39, 0.29) is 12.8 Å². The Kier molecular flexibility index (Phi) is 5.59. The summed E-state index contributed by atoms with van der Waals surface area (Å²) in [4.78, 5) is 6.01. The van der Waals surface area contributed by atoms with Gasteiger partial charge in [-0.3, -0.25) is 0 Å². The lowest BCUT2D eigenvalue weighted by molar-refractivity contribution is -0.139. The second kappa shape index (κ2) is 8.03. The Hall–Kier alpha value is -2.39. The van der Waals surface area contributed by atoms with E-state index in [1.54, 1.807) is 0 Å². The first kappa shape index (κ1) is 20.9. The minimum atomic E-state index is -4.71. The normalized spacial score (nSPS) is 16.0. The molecule has 0 N–H and O–H groups in total. The summed E-state index contributed by atoms with van der Waals surface area (Å²) < 4.78 is 65.8. The highest BCUT2D eigenvalue weighted by Crippen LogP contribution is 2.37. The third-order valence-electron chi connectivity index (χ3n) is 5.21. The number of thiazole rings is 1. The first-order valence-electron chi connectivity index (χ1n) is 9.43. The summed E-state index contributed by atoms with van der Waals surface area (Å²) in [5.41, 5.74) is 0.755. The average Bonchev–Trinajstić information content (AvgIpc) is 3.24. The summed E-state index contributed by atoms with van der Waals surface area (Å²) in [6.07, 6.45) is -4.19. The number of sulfone groups is 1. The van der Waals surface area contributed by atoms with Crippen LogP contribution >= 0.6 is 11.3 Å². The van der Waals surface area contributed by atoms with Crippen molar-refractivity contribution < 1.29 is 21.6 Å². The molecule has 1 aromatic heterocycles. The molecular weight excluding hydrogens is 433 g/mol. The van der Waals surface area contributed by atoms with Crippen molar-refractivity contribution in [3.63, 3.8) is 0 Å². The topological polar surface area (TPSA) is 50.3 Å². The number of piperidine rings is 1. The van der Waals surface area contributed by atoms with E-state index >= 15 is 0 Å². The van der Waals surface area contributed by atoms with E-state index in [9.17, 15) is 21.6 Å². The van der Waals surface area contributed by atoms with Crippen LogP contribution in [-0.4, -0.2) is 31.7 Å². The van der Waals surface area contributed by atoms with Gasteiger partial charge in [0.25, 0.3) is 0 Å². The van der Waals surface area contributed by atoms with Crippen LogP contribution in [0.4, 0.5) is 18.3 Å². The number of aromatic nitrogens is 1. The van der Waals surface area contributed by atoms with Crippen molar-refractivity contribution in [2.24, 2.45) is 0 Å². The van der Waals surface area contributed by atoms with Crippen molar-refractivity contribution in [1.29, 1.82) is 0 Å². The van der Waals surface area contributed by atoms with Gasteiger partial charge in [-0.15, -0.1) is 11.3 Å². The summed E-state index contributed by atoms with van der Waals surface area (Å²) in [5, 5.41) is 1.90. The van der Waals surface area contributed by atoms with Crippen molar-refractivity contribution in [2.45, 2.75) is 29.2 Å². The lowest BCUT2D eigenvalue weighted by atomic mass is 10.1. The maximum atomic E-state index is 13.3. The highest BCUT2D eigenvalue weighted by Gasteiger charge is 2.40. The molecule has 0 atom stereocenters. The van der Waals surface area contributed by atoms with E-state index in [0.717, 1.165) is 28.5 Å². The summed E-state index contributed by atoms with van der Waals surface area (Å²) in [5.74, 6) is 0. The molecule has 9 heteroatoms. The fourth-order valence-electron chi connectivity index (χ4n) is 3.64. The second-order valence-corrected chi connectivity index (χ2v) is 10.1. The van der Waals surface area contributed by atoms with E-state index in [0.29, 0.717) is 13.1 Å². The third kappa shape index (κ3) is 4.09. The number of hydrogen-bond acceptors (Lipinski definition) is 5. The molecule has 0 aliphatic carbocycles. The Morgan fingerprint density at radius 2 is 1.60 bits per heavy atom. The monoisotopic (exact) mass is 452 g/mol. The molecule has 0 spiro atoms. The average molecular weight is 453 g/mol. The largest absolute Gasteiger partial charge is 0.417 e. The van der Waals surface area contributed by atoms with Gasteiger partial charge in [0.05, 0.1) is 21.4 Å². The molecule has 3 aromatic rings. The quantitative estimate of drug-likeness (QED) is 0.541. The molecule has 158 valence electrons. The van der Waals surface area contributed by atoms with Gasteiger partial charge in [0.15, 0.2) is 15.0 Å². The van der Waals surface area contributed by atoms with Crippen LogP contribution in [0.3, 0.4) is 0 Å². The third-order valence-corrected chi connectivity index (χ3v) is 8.43. The zero-order valence-corrected chi connectivity index (χ0v) is 17.5. The van der Waals surface area contributed by atoms with Crippen LogP contribution in [0.1, 0.15) is 18.4 Å². The minimum Gasteiger partial charge on any atom is -0.348 e. The molecule has 0 radical (unpaired) electrons. The number of anilines is 1. The van der Waals surface area contributed by atoms with E-state index in [1.807, 2.05) is 40.6 Å². The molecule has 0 bridgehead atoms. The Bertz CT molecular complexity index is 1120. The van der Waals surface area contributed by atoms with Crippen LogP contribution in [0.25, 0.3) is 11.3 Å². The maximum absolute atomic E-state index is 13.3. The van der Waals surface area contributed by atoms with Gasteiger partial charge in [-0.2, -0.15) is 13.2 Å². The number of alkyl halides is 3. The van der Waals surface area contributed by atoms with Gasteiger partial charge < -0.3 is 4.90 Å². The molecule has 0 unspecified atom stereocenters. The number of hydrogen-bond donors (Lipinski definition) is 0. The molecule has 4 nitrogen and oxygen atoms in total. The second-order valence-electron chi connectivity index (χ2n) is 7.11. The minimum absolute atomic E-state index is 0.259. The molecule has 0 saturated carbocycles. The Balaban J connectivity index is 1.50. The van der Waals surface area contributed by atoms with Crippen molar-refractivity contribution >= 4 is 26.3 Å². The standard InChI is InChI=1S/C21H19F3N2O2S2/c22-21(23,24)17-8-4-5-9-19(17)30(27,28)16-10-12-26(13-11-16)20-25-18(14-29-20)15-6-2-1-3-7-15/h1-9,14,16H,10-13H2. The molecule has 2 heterocycles. The van der Waals surface area contributed by atoms with Crippen LogP contribution in [0, 0.1) is 0 Å². The zero-order chi connectivity index (χ0) is 21.4.